The van der Waals surface area contributed by atoms with Crippen LogP contribution in [0.2, 0.25) is 0 Å². The van der Waals surface area contributed by atoms with Gasteiger partial charge in [-0.3, -0.25) is 0 Å². The van der Waals surface area contributed by atoms with Crippen molar-refractivity contribution in [1.29, 1.82) is 0 Å². The molecule has 4 unspecified atom stereocenters. The third kappa shape index (κ3) is 3.89. The van der Waals surface area contributed by atoms with E-state index in [0.29, 0.717) is 11.8 Å². The maximum Gasteiger partial charge on any atom is 0.220 e. The van der Waals surface area contributed by atoms with Crippen LogP contribution in [-0.2, 0) is 10.0 Å². The molecule has 1 aliphatic rings. The van der Waals surface area contributed by atoms with Crippen molar-refractivity contribution in [2.45, 2.75) is 51.3 Å². The highest BCUT2D eigenvalue weighted by Gasteiger charge is 2.31. The summed E-state index contributed by atoms with van der Waals surface area (Å²) < 4.78 is 26.7. The minimum absolute atomic E-state index is 0.0213. The molecule has 0 bridgehead atoms. The highest BCUT2D eigenvalue weighted by Crippen LogP contribution is 2.29. The van der Waals surface area contributed by atoms with Gasteiger partial charge in [-0.05, 0) is 38.0 Å². The number of sulfonamides is 1. The summed E-state index contributed by atoms with van der Waals surface area (Å²) >= 11 is 4.74. The van der Waals surface area contributed by atoms with Gasteiger partial charge in [0.1, 0.15) is 5.25 Å². The molecule has 0 amide bonds. The lowest BCUT2D eigenvalue weighted by Crippen LogP contribution is -2.48. The fraction of sp³-hybridized carbons (Fsp3) is 0.909. The molecule has 100 valence electrons. The van der Waals surface area contributed by atoms with Crippen molar-refractivity contribution >= 4 is 27.2 Å². The van der Waals surface area contributed by atoms with Gasteiger partial charge >= 0.3 is 0 Å². The molecule has 0 aromatic rings. The van der Waals surface area contributed by atoms with Gasteiger partial charge in [0.25, 0.3) is 0 Å². The van der Waals surface area contributed by atoms with E-state index in [1.807, 2.05) is 0 Å². The Balaban J connectivity index is 2.68. The van der Waals surface area contributed by atoms with Gasteiger partial charge in [0.05, 0.1) is 4.99 Å². The zero-order chi connectivity index (χ0) is 13.2. The van der Waals surface area contributed by atoms with E-state index in [0.717, 1.165) is 19.3 Å². The predicted molar refractivity (Wildman–Crippen MR) is 74.3 cm³/mol. The van der Waals surface area contributed by atoms with Crippen LogP contribution in [0.3, 0.4) is 0 Å². The van der Waals surface area contributed by atoms with Crippen LogP contribution in [0, 0.1) is 11.8 Å². The topological polar surface area (TPSA) is 72.2 Å². The fourth-order valence-corrected chi connectivity index (χ4v) is 3.97. The van der Waals surface area contributed by atoms with Gasteiger partial charge in [0.2, 0.25) is 10.0 Å². The standard InChI is InChI=1S/C11H22N2O2S2/c1-7-4-5-10(8(2)6-7)13-17(14,15)9(3)11(12)16/h7-10,13H,4-6H2,1-3H3,(H2,12,16). The van der Waals surface area contributed by atoms with E-state index in [9.17, 15) is 8.42 Å². The molecular weight excluding hydrogens is 256 g/mol. The Labute approximate surface area is 109 Å². The first-order chi connectivity index (χ1) is 7.74. The molecular formula is C11H22N2O2S2. The molecule has 0 heterocycles. The Bertz CT molecular complexity index is 381. The van der Waals surface area contributed by atoms with Gasteiger partial charge in [-0.25, -0.2) is 13.1 Å². The summed E-state index contributed by atoms with van der Waals surface area (Å²) in [5.41, 5.74) is 5.40. The number of hydrogen-bond donors (Lipinski definition) is 2. The van der Waals surface area contributed by atoms with E-state index in [1.165, 1.54) is 6.92 Å². The molecule has 0 spiro atoms. The highest BCUT2D eigenvalue weighted by atomic mass is 32.2. The molecule has 1 rings (SSSR count). The summed E-state index contributed by atoms with van der Waals surface area (Å²) in [6.07, 6.45) is 3.03. The Kier molecular flexibility index (Phi) is 4.92. The van der Waals surface area contributed by atoms with E-state index in [4.69, 9.17) is 18.0 Å². The summed E-state index contributed by atoms with van der Waals surface area (Å²) in [6, 6.07) is 0.0213. The van der Waals surface area contributed by atoms with Crippen molar-refractivity contribution in [3.8, 4) is 0 Å². The molecule has 0 aliphatic heterocycles. The highest BCUT2D eigenvalue weighted by molar-refractivity contribution is 7.93. The van der Waals surface area contributed by atoms with Gasteiger partial charge in [0, 0.05) is 6.04 Å². The Morgan fingerprint density at radius 2 is 2.00 bits per heavy atom. The van der Waals surface area contributed by atoms with E-state index in [1.54, 1.807) is 0 Å². The largest absolute Gasteiger partial charge is 0.392 e. The van der Waals surface area contributed by atoms with E-state index < -0.39 is 15.3 Å². The lowest BCUT2D eigenvalue weighted by atomic mass is 9.80. The Hall–Kier alpha value is -0.200. The predicted octanol–water partition coefficient (Wildman–Crippen LogP) is 1.41. The molecule has 1 saturated carbocycles. The smallest absolute Gasteiger partial charge is 0.220 e. The zero-order valence-electron chi connectivity index (χ0n) is 10.6. The van der Waals surface area contributed by atoms with Crippen LogP contribution in [0.5, 0.6) is 0 Å². The van der Waals surface area contributed by atoms with Crippen LogP contribution >= 0.6 is 12.2 Å². The van der Waals surface area contributed by atoms with Crippen LogP contribution < -0.4 is 10.5 Å². The van der Waals surface area contributed by atoms with Crippen molar-refractivity contribution in [2.75, 3.05) is 0 Å². The van der Waals surface area contributed by atoms with Gasteiger partial charge in [0.15, 0.2) is 0 Å². The third-order valence-electron chi connectivity index (χ3n) is 3.61. The number of hydrogen-bond acceptors (Lipinski definition) is 3. The fourth-order valence-electron chi connectivity index (χ4n) is 2.31. The van der Waals surface area contributed by atoms with Gasteiger partial charge in [-0.2, -0.15) is 0 Å². The van der Waals surface area contributed by atoms with Crippen molar-refractivity contribution < 1.29 is 8.42 Å². The summed E-state index contributed by atoms with van der Waals surface area (Å²) in [7, 11) is -3.43. The molecule has 6 heteroatoms. The van der Waals surface area contributed by atoms with E-state index in [2.05, 4.69) is 18.6 Å². The van der Waals surface area contributed by atoms with Gasteiger partial charge in [-0.1, -0.05) is 26.1 Å². The monoisotopic (exact) mass is 278 g/mol. The second-order valence-electron chi connectivity index (χ2n) is 5.21. The second-order valence-corrected chi connectivity index (χ2v) is 7.71. The first-order valence-corrected chi connectivity index (χ1v) is 8.00. The first-order valence-electron chi connectivity index (χ1n) is 6.04. The van der Waals surface area contributed by atoms with Gasteiger partial charge < -0.3 is 5.73 Å². The van der Waals surface area contributed by atoms with Gasteiger partial charge in [-0.15, -0.1) is 0 Å². The lowest BCUT2D eigenvalue weighted by Gasteiger charge is -2.33. The minimum Gasteiger partial charge on any atom is -0.392 e. The van der Waals surface area contributed by atoms with Crippen LogP contribution in [0.4, 0.5) is 0 Å². The van der Waals surface area contributed by atoms with Crippen molar-refractivity contribution in [3.05, 3.63) is 0 Å². The van der Waals surface area contributed by atoms with E-state index in [-0.39, 0.29) is 11.0 Å². The normalized spacial score (nSPS) is 32.1. The molecule has 1 fully saturated rings. The number of nitrogens with two attached hydrogens (primary N) is 1. The molecule has 0 radical (unpaired) electrons. The SMILES string of the molecule is CC1CCC(NS(=O)(=O)C(C)C(N)=S)C(C)C1. The summed E-state index contributed by atoms with van der Waals surface area (Å²) in [5, 5.41) is -0.802. The molecule has 0 aromatic heterocycles. The zero-order valence-corrected chi connectivity index (χ0v) is 12.3. The molecule has 0 saturated heterocycles. The minimum atomic E-state index is -3.43. The average Bonchev–Trinajstić information content (AvgIpc) is 2.21. The van der Waals surface area contributed by atoms with Crippen LogP contribution in [0.25, 0.3) is 0 Å². The first kappa shape index (κ1) is 14.9. The molecule has 0 aromatic carbocycles. The van der Waals surface area contributed by atoms with Crippen molar-refractivity contribution in [1.82, 2.24) is 4.72 Å². The molecule has 1 aliphatic carbocycles. The molecule has 4 atom stereocenters. The summed E-state index contributed by atoms with van der Waals surface area (Å²) in [4.78, 5) is 0.0225. The summed E-state index contributed by atoms with van der Waals surface area (Å²) in [6.45, 7) is 5.83. The maximum atomic E-state index is 12.0. The number of thiocarbonyl (C=S) groups is 1. The molecule has 4 nitrogen and oxygen atoms in total. The number of rotatable bonds is 4. The Morgan fingerprint density at radius 1 is 1.41 bits per heavy atom. The third-order valence-corrected chi connectivity index (χ3v) is 5.93. The maximum absolute atomic E-state index is 12.0. The molecule has 17 heavy (non-hydrogen) atoms. The summed E-state index contributed by atoms with van der Waals surface area (Å²) in [5.74, 6) is 1.05. The lowest BCUT2D eigenvalue weighted by molar-refractivity contribution is 0.249. The van der Waals surface area contributed by atoms with Crippen molar-refractivity contribution in [3.63, 3.8) is 0 Å². The van der Waals surface area contributed by atoms with Crippen LogP contribution in [0.15, 0.2) is 0 Å². The quantitative estimate of drug-likeness (QED) is 0.763. The second kappa shape index (κ2) is 5.63. The van der Waals surface area contributed by atoms with Crippen LogP contribution in [0.1, 0.15) is 40.0 Å². The molecule has 3 N–H and O–H groups in total. The van der Waals surface area contributed by atoms with E-state index >= 15 is 0 Å². The van der Waals surface area contributed by atoms with Crippen LogP contribution in [-0.4, -0.2) is 24.7 Å². The Morgan fingerprint density at radius 3 is 2.47 bits per heavy atom. The average molecular weight is 278 g/mol. The van der Waals surface area contributed by atoms with Crippen molar-refractivity contribution in [2.24, 2.45) is 17.6 Å². The number of nitrogens with one attached hydrogen (secondary N) is 1.